The summed E-state index contributed by atoms with van der Waals surface area (Å²) in [6.45, 7) is 1.20. The van der Waals surface area contributed by atoms with Crippen molar-refractivity contribution in [3.8, 4) is 0 Å². The Kier molecular flexibility index (Phi) is 14.8. The number of carboxylic acids is 1. The molecule has 0 fully saturated rings. The zero-order valence-corrected chi connectivity index (χ0v) is 5.98. The first-order chi connectivity index (χ1) is 2.64. The molecule has 0 spiro atoms. The van der Waals surface area contributed by atoms with Crippen LogP contribution in [0.25, 0.3) is 0 Å². The fourth-order valence-electron chi connectivity index (χ4n) is 0. The van der Waals surface area contributed by atoms with Crippen molar-refractivity contribution < 1.29 is 15.0 Å². The second-order valence-corrected chi connectivity index (χ2v) is 1.01. The molecule has 0 radical (unpaired) electrons. The van der Waals surface area contributed by atoms with Gasteiger partial charge in [0.15, 0.2) is 0 Å². The van der Waals surface area contributed by atoms with Gasteiger partial charge in [0.1, 0.15) is 6.10 Å². The van der Waals surface area contributed by atoms with Crippen LogP contribution in [0.5, 0.6) is 0 Å². The number of hydrogen-bond acceptors (Lipinski definition) is 2. The van der Waals surface area contributed by atoms with Gasteiger partial charge in [0.25, 0.3) is 0 Å². The Hall–Kier alpha value is 0.492. The maximum absolute atomic E-state index is 9.45. The Bertz CT molecular complexity index is 65.5. The van der Waals surface area contributed by atoms with Gasteiger partial charge >= 0.3 is 40.6 Å². The third-order valence-corrected chi connectivity index (χ3v) is 0.357. The van der Waals surface area contributed by atoms with Crippen LogP contribution in [0.15, 0.2) is 0 Å². The molecule has 5 heteroatoms. The third-order valence-electron chi connectivity index (χ3n) is 0.357. The molecule has 52 valence electrons. The third kappa shape index (κ3) is 9.70. The van der Waals surface area contributed by atoms with Crippen molar-refractivity contribution in [2.24, 2.45) is 0 Å². The molecule has 0 aromatic carbocycles. The first-order valence-corrected chi connectivity index (χ1v) is 1.55. The van der Waals surface area contributed by atoms with E-state index >= 15 is 0 Å². The predicted molar refractivity (Wildman–Crippen MR) is 39.2 cm³/mol. The Labute approximate surface area is 68.9 Å². The summed E-state index contributed by atoms with van der Waals surface area (Å²) in [6, 6.07) is 0. The standard InChI is InChI=1S/C3H6O3.GeH4.H2Se/c1-2(4)3(5)6;;/h2,4H,1H3,(H,5,6);1H4;1H2. The van der Waals surface area contributed by atoms with Gasteiger partial charge in [0.2, 0.25) is 0 Å². The van der Waals surface area contributed by atoms with E-state index in [0.29, 0.717) is 0 Å². The Morgan fingerprint density at radius 1 is 1.62 bits per heavy atom. The number of aliphatic hydroxyl groups excluding tert-OH is 1. The summed E-state index contributed by atoms with van der Waals surface area (Å²) in [5.74, 6) is -1.19. The van der Waals surface area contributed by atoms with Crippen molar-refractivity contribution in [3.05, 3.63) is 0 Å². The van der Waals surface area contributed by atoms with Gasteiger partial charge in [-0.05, 0) is 6.92 Å². The van der Waals surface area contributed by atoms with Crippen molar-refractivity contribution >= 4 is 40.6 Å². The quantitative estimate of drug-likeness (QED) is 0.489. The van der Waals surface area contributed by atoms with Crippen LogP contribution in [0.3, 0.4) is 0 Å². The number of hydrogen-bond donors (Lipinski definition) is 2. The van der Waals surface area contributed by atoms with E-state index in [0.717, 1.165) is 0 Å². The topological polar surface area (TPSA) is 57.5 Å². The van der Waals surface area contributed by atoms with Gasteiger partial charge in [-0.3, -0.25) is 0 Å². The van der Waals surface area contributed by atoms with Gasteiger partial charge in [-0.15, -0.1) is 0 Å². The summed E-state index contributed by atoms with van der Waals surface area (Å²) in [7, 11) is 0. The normalized spacial score (nSPS) is 10.2. The molecule has 0 amide bonds. The zero-order chi connectivity index (χ0) is 5.15. The van der Waals surface area contributed by atoms with Crippen LogP contribution in [-0.2, 0) is 4.79 Å². The minimum atomic E-state index is -1.23. The van der Waals surface area contributed by atoms with Crippen molar-refractivity contribution in [2.45, 2.75) is 13.0 Å². The molecule has 0 aromatic rings. The molecule has 0 aliphatic carbocycles. The molecule has 0 aliphatic rings. The molecule has 0 bridgehead atoms. The number of rotatable bonds is 1. The fraction of sp³-hybridized carbons (Fsp3) is 0.667. The van der Waals surface area contributed by atoms with Crippen LogP contribution in [0.2, 0.25) is 0 Å². The summed E-state index contributed by atoms with van der Waals surface area (Å²) < 4.78 is 0. The van der Waals surface area contributed by atoms with Crippen LogP contribution in [-0.4, -0.2) is 57.0 Å². The average Bonchev–Trinajstić information content (AvgIpc) is 1.36. The Morgan fingerprint density at radius 3 is 1.75 bits per heavy atom. The predicted octanol–water partition coefficient (Wildman–Crippen LogP) is -2.92. The number of aliphatic hydroxyl groups is 1. The van der Waals surface area contributed by atoms with Gasteiger partial charge in [-0.2, -0.15) is 0 Å². The molecule has 1 unspecified atom stereocenters. The van der Waals surface area contributed by atoms with Gasteiger partial charge < -0.3 is 10.2 Å². The SMILES string of the molecule is CC(O)C(=O)O.[GeH4].[SeH2]. The first-order valence-electron chi connectivity index (χ1n) is 1.55. The number of carbonyl (C=O) groups is 1. The van der Waals surface area contributed by atoms with Crippen molar-refractivity contribution in [2.75, 3.05) is 0 Å². The van der Waals surface area contributed by atoms with Crippen LogP contribution in [0, 0.1) is 0 Å². The first kappa shape index (κ1) is 15.8. The van der Waals surface area contributed by atoms with Crippen molar-refractivity contribution in [1.29, 1.82) is 0 Å². The molecule has 0 saturated heterocycles. The van der Waals surface area contributed by atoms with E-state index in [1.165, 1.54) is 6.92 Å². The molecular formula is C3H12GeO3Se. The molecule has 0 heterocycles. The summed E-state index contributed by atoms with van der Waals surface area (Å²) >= 11 is 0. The monoisotopic (exact) mass is 250 g/mol. The molecule has 0 saturated carbocycles. The van der Waals surface area contributed by atoms with Gasteiger partial charge in [0.05, 0.1) is 0 Å². The van der Waals surface area contributed by atoms with Gasteiger partial charge in [-0.1, -0.05) is 0 Å². The Balaban J connectivity index is -0.000000125. The van der Waals surface area contributed by atoms with E-state index in [1.807, 2.05) is 0 Å². The molecule has 0 aliphatic heterocycles. The second-order valence-electron chi connectivity index (χ2n) is 1.01. The van der Waals surface area contributed by atoms with Crippen LogP contribution < -0.4 is 0 Å². The van der Waals surface area contributed by atoms with E-state index < -0.39 is 12.1 Å². The van der Waals surface area contributed by atoms with E-state index in [-0.39, 0.29) is 34.7 Å². The minimum absolute atomic E-state index is 0. The molecule has 2 N–H and O–H groups in total. The van der Waals surface area contributed by atoms with E-state index in [4.69, 9.17) is 10.2 Å². The van der Waals surface area contributed by atoms with Crippen LogP contribution >= 0.6 is 0 Å². The van der Waals surface area contributed by atoms with Gasteiger partial charge in [0, 0.05) is 0 Å². The number of carboxylic acid groups (broad SMARTS) is 1. The van der Waals surface area contributed by atoms with E-state index in [2.05, 4.69) is 0 Å². The zero-order valence-electron chi connectivity index (χ0n) is 3.88. The maximum atomic E-state index is 9.45. The molecule has 0 aromatic heterocycles. The molecular weight excluding hydrogens is 236 g/mol. The van der Waals surface area contributed by atoms with Crippen molar-refractivity contribution in [1.82, 2.24) is 0 Å². The summed E-state index contributed by atoms with van der Waals surface area (Å²) in [6.07, 6.45) is -1.23. The fourth-order valence-corrected chi connectivity index (χ4v) is 0. The summed E-state index contributed by atoms with van der Waals surface area (Å²) in [4.78, 5) is 9.45. The summed E-state index contributed by atoms with van der Waals surface area (Å²) in [5.41, 5.74) is 0. The van der Waals surface area contributed by atoms with Crippen LogP contribution in [0.4, 0.5) is 0 Å². The van der Waals surface area contributed by atoms with Crippen molar-refractivity contribution in [3.63, 3.8) is 0 Å². The number of aliphatic carboxylic acids is 1. The van der Waals surface area contributed by atoms with E-state index in [9.17, 15) is 4.79 Å². The molecule has 8 heavy (non-hydrogen) atoms. The molecule has 0 rings (SSSR count). The Morgan fingerprint density at radius 2 is 1.75 bits per heavy atom. The van der Waals surface area contributed by atoms with E-state index in [1.54, 1.807) is 0 Å². The summed E-state index contributed by atoms with van der Waals surface area (Å²) in [5, 5.41) is 15.8. The molecule has 1 atom stereocenters. The van der Waals surface area contributed by atoms with Gasteiger partial charge in [-0.25, -0.2) is 4.79 Å². The average molecular weight is 248 g/mol. The second kappa shape index (κ2) is 7.49. The van der Waals surface area contributed by atoms with Crippen LogP contribution in [0.1, 0.15) is 6.92 Å². The molecule has 3 nitrogen and oxygen atoms in total.